The van der Waals surface area contributed by atoms with Gasteiger partial charge >= 0.3 is 5.97 Å². The Hall–Kier alpha value is -1.28. The van der Waals surface area contributed by atoms with E-state index in [0.717, 1.165) is 0 Å². The van der Waals surface area contributed by atoms with Crippen LogP contribution in [-0.4, -0.2) is 24.1 Å². The largest absolute Gasteiger partial charge is 0.490 e. The fraction of sp³-hybridized carbons (Fsp3) is 0.625. The lowest BCUT2D eigenvalue weighted by atomic mass is 10.2. The van der Waals surface area contributed by atoms with E-state index < -0.39 is 5.97 Å². The number of hydrogen-bond acceptors (Lipinski definition) is 3. The average molecular weight is 172 g/mol. The second-order valence-electron chi connectivity index (χ2n) is 2.33. The Balaban J connectivity index is 3.43. The third-order valence-corrected chi connectivity index (χ3v) is 1.40. The van der Waals surface area contributed by atoms with Crippen LogP contribution in [0, 0.1) is 0 Å². The van der Waals surface area contributed by atoms with Crippen LogP contribution in [0.1, 0.15) is 25.7 Å². The van der Waals surface area contributed by atoms with Gasteiger partial charge in [-0.3, -0.25) is 4.79 Å². The van der Waals surface area contributed by atoms with Gasteiger partial charge in [-0.25, -0.2) is 4.79 Å². The van der Waals surface area contributed by atoms with Gasteiger partial charge in [-0.2, -0.15) is 0 Å². The second-order valence-corrected chi connectivity index (χ2v) is 2.33. The summed E-state index contributed by atoms with van der Waals surface area (Å²) in [5.74, 6) is 1.07. The molecule has 0 unspecified atom stereocenters. The van der Waals surface area contributed by atoms with Crippen LogP contribution < -0.4 is 0 Å². The van der Waals surface area contributed by atoms with Crippen molar-refractivity contribution >= 4 is 11.9 Å². The van der Waals surface area contributed by atoms with Gasteiger partial charge in [0.25, 0.3) is 0 Å². The van der Waals surface area contributed by atoms with Crippen LogP contribution in [0.4, 0.5) is 0 Å². The molecular formula is C8H12O4. The number of carboxylic acid groups (broad SMARTS) is 1. The molecule has 0 amide bonds. The Morgan fingerprint density at radius 2 is 2.00 bits per heavy atom. The second kappa shape index (κ2) is 6.43. The topological polar surface area (TPSA) is 63.6 Å². The standard InChI is InChI=1S/C8H12O4/c1-12-7(6-9)4-2-3-5-8(10)11/h2-5H2,1H3,(H,10,11). The predicted octanol–water partition coefficient (Wildman–Crippen LogP) is 0.993. The third kappa shape index (κ3) is 5.50. The number of carboxylic acids is 1. The first-order valence-corrected chi connectivity index (χ1v) is 3.70. The summed E-state index contributed by atoms with van der Waals surface area (Å²) < 4.78 is 4.65. The average Bonchev–Trinajstić information content (AvgIpc) is 2.04. The summed E-state index contributed by atoms with van der Waals surface area (Å²) in [6, 6.07) is 0. The first kappa shape index (κ1) is 10.7. The molecule has 0 aromatic rings. The van der Waals surface area contributed by atoms with Crippen LogP contribution in [-0.2, 0) is 14.3 Å². The number of allylic oxidation sites excluding steroid dienone is 1. The molecule has 4 heteroatoms. The highest BCUT2D eigenvalue weighted by atomic mass is 16.5. The number of carbonyl (C=O) groups excluding carboxylic acids is 1. The van der Waals surface area contributed by atoms with Gasteiger partial charge in [0.1, 0.15) is 0 Å². The summed E-state index contributed by atoms with van der Waals surface area (Å²) in [6.45, 7) is 0. The Morgan fingerprint density at radius 3 is 2.42 bits per heavy atom. The first-order chi connectivity index (χ1) is 5.70. The molecule has 1 N–H and O–H groups in total. The number of hydrogen-bond donors (Lipinski definition) is 1. The summed E-state index contributed by atoms with van der Waals surface area (Å²) >= 11 is 0. The highest BCUT2D eigenvalue weighted by Gasteiger charge is 1.99. The molecule has 4 nitrogen and oxygen atoms in total. The molecular weight excluding hydrogens is 160 g/mol. The van der Waals surface area contributed by atoms with E-state index in [-0.39, 0.29) is 12.2 Å². The van der Waals surface area contributed by atoms with Crippen LogP contribution in [0.3, 0.4) is 0 Å². The highest BCUT2D eigenvalue weighted by molar-refractivity contribution is 5.66. The molecule has 68 valence electrons. The van der Waals surface area contributed by atoms with Crippen molar-refractivity contribution < 1.29 is 19.4 Å². The minimum absolute atomic E-state index is 0.135. The maximum atomic E-state index is 10.1. The fourth-order valence-electron chi connectivity index (χ4n) is 0.757. The molecule has 0 saturated carbocycles. The van der Waals surface area contributed by atoms with Crippen LogP contribution in [0.5, 0.6) is 0 Å². The Labute approximate surface area is 70.8 Å². The van der Waals surface area contributed by atoms with Crippen LogP contribution in [0.2, 0.25) is 0 Å². The lowest BCUT2D eigenvalue weighted by Gasteiger charge is -1.99. The van der Waals surface area contributed by atoms with Gasteiger partial charge in [0.15, 0.2) is 11.7 Å². The number of carbonyl (C=O) groups is 1. The smallest absolute Gasteiger partial charge is 0.303 e. The lowest BCUT2D eigenvalue weighted by Crippen LogP contribution is -1.95. The molecule has 0 atom stereocenters. The van der Waals surface area contributed by atoms with Crippen molar-refractivity contribution in [3.05, 3.63) is 5.76 Å². The summed E-state index contributed by atoms with van der Waals surface area (Å²) in [6.07, 6.45) is 1.80. The van der Waals surface area contributed by atoms with E-state index in [1.807, 2.05) is 0 Å². The zero-order valence-electron chi connectivity index (χ0n) is 7.00. The van der Waals surface area contributed by atoms with Crippen molar-refractivity contribution in [1.29, 1.82) is 0 Å². The van der Waals surface area contributed by atoms with Crippen LogP contribution in [0.25, 0.3) is 0 Å². The molecule has 0 fully saturated rings. The van der Waals surface area contributed by atoms with Crippen molar-refractivity contribution in [2.24, 2.45) is 0 Å². The van der Waals surface area contributed by atoms with E-state index in [1.54, 1.807) is 5.94 Å². The SMILES string of the molecule is COC(=C=O)CCCCC(=O)O. The van der Waals surface area contributed by atoms with E-state index in [9.17, 15) is 9.59 Å². The van der Waals surface area contributed by atoms with Gasteiger partial charge in [-0.1, -0.05) is 0 Å². The van der Waals surface area contributed by atoms with E-state index >= 15 is 0 Å². The van der Waals surface area contributed by atoms with Crippen molar-refractivity contribution in [3.8, 4) is 0 Å². The van der Waals surface area contributed by atoms with Crippen molar-refractivity contribution in [2.75, 3.05) is 7.11 Å². The van der Waals surface area contributed by atoms with Crippen molar-refractivity contribution in [1.82, 2.24) is 0 Å². The molecule has 0 rings (SSSR count). The number of aliphatic carboxylic acids is 1. The third-order valence-electron chi connectivity index (χ3n) is 1.40. The fourth-order valence-corrected chi connectivity index (χ4v) is 0.757. The minimum atomic E-state index is -0.816. The van der Waals surface area contributed by atoms with E-state index in [1.165, 1.54) is 7.11 Å². The normalized spacial score (nSPS) is 8.75. The van der Waals surface area contributed by atoms with Crippen molar-refractivity contribution in [3.63, 3.8) is 0 Å². The number of rotatable bonds is 6. The van der Waals surface area contributed by atoms with Crippen molar-refractivity contribution in [2.45, 2.75) is 25.7 Å². The number of methoxy groups -OCH3 is 1. The molecule has 0 heterocycles. The van der Waals surface area contributed by atoms with Gasteiger partial charge in [0, 0.05) is 12.8 Å². The number of ether oxygens (including phenoxy) is 1. The molecule has 0 radical (unpaired) electrons. The molecule has 0 aliphatic rings. The van der Waals surface area contributed by atoms with Gasteiger partial charge < -0.3 is 9.84 Å². The molecule has 0 aromatic heterocycles. The summed E-state index contributed by atoms with van der Waals surface area (Å²) in [7, 11) is 1.40. The zero-order valence-corrected chi connectivity index (χ0v) is 7.00. The summed E-state index contributed by atoms with van der Waals surface area (Å²) in [5, 5.41) is 8.28. The Bertz CT molecular complexity index is 191. The molecule has 12 heavy (non-hydrogen) atoms. The minimum Gasteiger partial charge on any atom is -0.490 e. The quantitative estimate of drug-likeness (QED) is 0.368. The summed E-state index contributed by atoms with van der Waals surface area (Å²) in [5.41, 5.74) is 0. The van der Waals surface area contributed by atoms with E-state index in [4.69, 9.17) is 5.11 Å². The monoisotopic (exact) mass is 172 g/mol. The van der Waals surface area contributed by atoms with Gasteiger partial charge in [-0.15, -0.1) is 0 Å². The maximum Gasteiger partial charge on any atom is 0.303 e. The summed E-state index contributed by atoms with van der Waals surface area (Å²) in [4.78, 5) is 20.1. The van der Waals surface area contributed by atoms with Crippen LogP contribution >= 0.6 is 0 Å². The highest BCUT2D eigenvalue weighted by Crippen LogP contribution is 2.06. The molecule has 0 saturated heterocycles. The Morgan fingerprint density at radius 1 is 1.42 bits per heavy atom. The zero-order chi connectivity index (χ0) is 9.40. The molecule has 0 spiro atoms. The predicted molar refractivity (Wildman–Crippen MR) is 42.3 cm³/mol. The van der Waals surface area contributed by atoms with E-state index in [0.29, 0.717) is 19.3 Å². The molecule has 0 aliphatic carbocycles. The first-order valence-electron chi connectivity index (χ1n) is 3.70. The van der Waals surface area contributed by atoms with E-state index in [2.05, 4.69) is 4.74 Å². The van der Waals surface area contributed by atoms with Gasteiger partial charge in [0.05, 0.1) is 7.11 Å². The van der Waals surface area contributed by atoms with Gasteiger partial charge in [-0.05, 0) is 12.8 Å². The van der Waals surface area contributed by atoms with Gasteiger partial charge in [0.2, 0.25) is 0 Å². The maximum absolute atomic E-state index is 10.1. The molecule has 0 bridgehead atoms. The Kier molecular flexibility index (Phi) is 5.75. The molecule has 0 aromatic carbocycles. The number of unbranched alkanes of at least 4 members (excludes halogenated alkanes) is 1. The lowest BCUT2D eigenvalue weighted by molar-refractivity contribution is -0.137. The van der Waals surface area contributed by atoms with Crippen LogP contribution in [0.15, 0.2) is 5.76 Å². The molecule has 0 aliphatic heterocycles.